The minimum atomic E-state index is -3.71. The average Bonchev–Trinajstić information content (AvgIpc) is 2.61. The minimum absolute atomic E-state index is 0.0526. The van der Waals surface area contributed by atoms with Crippen molar-refractivity contribution in [3.63, 3.8) is 0 Å². The van der Waals surface area contributed by atoms with Crippen molar-refractivity contribution in [2.75, 3.05) is 7.05 Å². The maximum Gasteiger partial charge on any atom is 0.261 e. The Bertz CT molecular complexity index is 1040. The molecule has 0 aliphatic heterocycles. The number of hydrogen-bond donors (Lipinski definition) is 1. The van der Waals surface area contributed by atoms with Gasteiger partial charge in [0.05, 0.1) is 33.1 Å². The first kappa shape index (κ1) is 20.6. The molecule has 2 rings (SSSR count). The molecule has 0 fully saturated rings. The lowest BCUT2D eigenvalue weighted by Crippen LogP contribution is -2.18. The highest BCUT2D eigenvalue weighted by Gasteiger charge is 2.10. The number of halogens is 1. The number of benzene rings is 2. The van der Waals surface area contributed by atoms with Crippen LogP contribution in [0.25, 0.3) is 0 Å². The van der Waals surface area contributed by atoms with E-state index in [2.05, 4.69) is 4.72 Å². The van der Waals surface area contributed by atoms with Gasteiger partial charge in [0, 0.05) is 10.7 Å². The predicted molar refractivity (Wildman–Crippen MR) is 91.6 cm³/mol. The van der Waals surface area contributed by atoms with Gasteiger partial charge in [-0.3, -0.25) is 0 Å². The summed E-state index contributed by atoms with van der Waals surface area (Å²) >= 11 is 0. The molecule has 0 saturated heterocycles. The molecular weight excluding hydrogens is 386 g/mol. The summed E-state index contributed by atoms with van der Waals surface area (Å²) in [5.41, 5.74) is 0.715. The van der Waals surface area contributed by atoms with Crippen molar-refractivity contribution >= 4 is 29.8 Å². The quantitative estimate of drug-likeness (QED) is 0.788. The largest absolute Gasteiger partial charge is 0.261 e. The number of nitrogens with zero attached hydrogens (tertiary/aromatic N) is 2. The van der Waals surface area contributed by atoms with Crippen LogP contribution in [0.3, 0.4) is 0 Å². The van der Waals surface area contributed by atoms with E-state index in [1.54, 1.807) is 0 Å². The second-order valence-corrected chi connectivity index (χ2v) is 8.87. The zero-order chi connectivity index (χ0) is 19.1. The Labute approximate surface area is 150 Å². The molecule has 130 valence electrons. The second kappa shape index (κ2) is 8.60. The Balaban J connectivity index is 0.000000251. The zero-order valence-electron chi connectivity index (χ0n) is 12.8. The van der Waals surface area contributed by atoms with E-state index in [0.29, 0.717) is 5.56 Å². The maximum absolute atomic E-state index is 11.2. The summed E-state index contributed by atoms with van der Waals surface area (Å²) in [5, 5.41) is 16.9. The van der Waals surface area contributed by atoms with E-state index in [4.69, 9.17) is 21.2 Å². The molecule has 0 heterocycles. The van der Waals surface area contributed by atoms with Crippen molar-refractivity contribution in [3.8, 4) is 12.1 Å². The highest BCUT2D eigenvalue weighted by Crippen LogP contribution is 2.15. The Morgan fingerprint density at radius 3 is 1.88 bits per heavy atom. The van der Waals surface area contributed by atoms with Crippen LogP contribution in [0.4, 0.5) is 0 Å². The molecule has 0 aromatic heterocycles. The van der Waals surface area contributed by atoms with Gasteiger partial charge in [-0.05, 0) is 49.5 Å². The van der Waals surface area contributed by atoms with Crippen molar-refractivity contribution in [1.82, 2.24) is 4.72 Å². The van der Waals surface area contributed by atoms with Crippen molar-refractivity contribution in [1.29, 1.82) is 10.5 Å². The van der Waals surface area contributed by atoms with Crippen LogP contribution in [0.5, 0.6) is 0 Å². The van der Waals surface area contributed by atoms with Crippen molar-refractivity contribution in [2.45, 2.75) is 9.79 Å². The average molecular weight is 398 g/mol. The Morgan fingerprint density at radius 2 is 1.44 bits per heavy atom. The van der Waals surface area contributed by atoms with Gasteiger partial charge in [0.2, 0.25) is 10.0 Å². The van der Waals surface area contributed by atoms with E-state index in [9.17, 15) is 16.8 Å². The van der Waals surface area contributed by atoms with E-state index in [1.807, 2.05) is 12.1 Å². The Kier molecular flexibility index (Phi) is 7.09. The molecule has 0 radical (unpaired) electrons. The predicted octanol–water partition coefficient (Wildman–Crippen LogP) is 1.95. The standard InChI is InChI=1S/C8H8N2O2S.C7H4ClNO2S/c1-10-13(11,12)8-4-2-7(6-9)3-5-8;8-12(10,11)7-3-1-2-6(4-7)5-9/h2-5,10H,1H3;1-4H. The Morgan fingerprint density at radius 1 is 0.880 bits per heavy atom. The molecule has 10 heteroatoms. The van der Waals surface area contributed by atoms with Crippen LogP contribution < -0.4 is 4.72 Å². The van der Waals surface area contributed by atoms with Crippen LogP contribution in [0.1, 0.15) is 11.1 Å². The third-order valence-corrected chi connectivity index (χ3v) is 5.59. The maximum atomic E-state index is 11.2. The number of hydrogen-bond acceptors (Lipinski definition) is 6. The van der Waals surface area contributed by atoms with Crippen LogP contribution in [-0.4, -0.2) is 23.9 Å². The van der Waals surface area contributed by atoms with E-state index in [0.717, 1.165) is 0 Å². The second-order valence-electron chi connectivity index (χ2n) is 4.42. The van der Waals surface area contributed by atoms with Gasteiger partial charge < -0.3 is 0 Å². The van der Waals surface area contributed by atoms with E-state index in [1.165, 1.54) is 55.6 Å². The number of sulfonamides is 1. The van der Waals surface area contributed by atoms with Gasteiger partial charge in [-0.1, -0.05) is 6.07 Å². The third-order valence-electron chi connectivity index (χ3n) is 2.81. The summed E-state index contributed by atoms with van der Waals surface area (Å²) in [5.74, 6) is 0. The molecule has 0 amide bonds. The summed E-state index contributed by atoms with van der Waals surface area (Å²) in [7, 11) is -0.706. The summed E-state index contributed by atoms with van der Waals surface area (Å²) in [4.78, 5) is 0.109. The van der Waals surface area contributed by atoms with Crippen LogP contribution >= 0.6 is 10.7 Å². The molecule has 0 bridgehead atoms. The summed E-state index contributed by atoms with van der Waals surface area (Å²) in [6.07, 6.45) is 0. The van der Waals surface area contributed by atoms with Gasteiger partial charge in [0.1, 0.15) is 0 Å². The fourth-order valence-corrected chi connectivity index (χ4v) is 3.07. The van der Waals surface area contributed by atoms with E-state index in [-0.39, 0.29) is 15.4 Å². The molecule has 2 aromatic carbocycles. The lowest BCUT2D eigenvalue weighted by Gasteiger charge is -2.00. The molecule has 1 N–H and O–H groups in total. The lowest BCUT2D eigenvalue weighted by molar-refractivity contribution is 0.588. The molecule has 0 saturated carbocycles. The van der Waals surface area contributed by atoms with Crippen LogP contribution in [0, 0.1) is 22.7 Å². The van der Waals surface area contributed by atoms with Crippen LogP contribution in [-0.2, 0) is 19.1 Å². The Hall–Kier alpha value is -2.43. The molecule has 25 heavy (non-hydrogen) atoms. The number of nitriles is 2. The third kappa shape index (κ3) is 6.18. The topological polar surface area (TPSA) is 128 Å². The molecule has 0 unspecified atom stereocenters. The SMILES string of the molecule is CNS(=O)(=O)c1ccc(C#N)cc1.N#Cc1cccc(S(=O)(=O)Cl)c1. The smallest absolute Gasteiger partial charge is 0.214 e. The van der Waals surface area contributed by atoms with Crippen molar-refractivity contribution in [2.24, 2.45) is 0 Å². The van der Waals surface area contributed by atoms with Gasteiger partial charge in [-0.2, -0.15) is 10.5 Å². The van der Waals surface area contributed by atoms with Gasteiger partial charge in [-0.15, -0.1) is 0 Å². The first-order chi connectivity index (χ1) is 11.6. The van der Waals surface area contributed by atoms with Crippen molar-refractivity contribution in [3.05, 3.63) is 59.7 Å². The molecule has 0 atom stereocenters. The van der Waals surface area contributed by atoms with Crippen molar-refractivity contribution < 1.29 is 16.8 Å². The first-order valence-corrected chi connectivity index (χ1v) is 10.3. The molecular formula is C15H12ClN3O4S2. The first-order valence-electron chi connectivity index (χ1n) is 6.52. The fraction of sp³-hybridized carbons (Fsp3) is 0.0667. The highest BCUT2D eigenvalue weighted by atomic mass is 35.7. The monoisotopic (exact) mass is 397 g/mol. The lowest BCUT2D eigenvalue weighted by atomic mass is 10.2. The summed E-state index contributed by atoms with van der Waals surface area (Å²) in [6.45, 7) is 0. The molecule has 7 nitrogen and oxygen atoms in total. The van der Waals surface area contributed by atoms with Crippen LogP contribution in [0.15, 0.2) is 58.3 Å². The highest BCUT2D eigenvalue weighted by molar-refractivity contribution is 8.13. The summed E-state index contributed by atoms with van der Waals surface area (Å²) in [6, 6.07) is 15.0. The fourth-order valence-electron chi connectivity index (χ4n) is 1.54. The van der Waals surface area contributed by atoms with Gasteiger partial charge in [-0.25, -0.2) is 21.6 Å². The molecule has 2 aromatic rings. The molecule has 0 spiro atoms. The van der Waals surface area contributed by atoms with Gasteiger partial charge >= 0.3 is 0 Å². The normalized spacial score (nSPS) is 10.7. The minimum Gasteiger partial charge on any atom is -0.214 e. The van der Waals surface area contributed by atoms with Crippen LogP contribution in [0.2, 0.25) is 0 Å². The van der Waals surface area contributed by atoms with E-state index >= 15 is 0 Å². The van der Waals surface area contributed by atoms with Gasteiger partial charge in [0.25, 0.3) is 9.05 Å². The molecule has 0 aliphatic carbocycles. The number of nitrogens with one attached hydrogen (secondary N) is 1. The number of rotatable bonds is 3. The van der Waals surface area contributed by atoms with Gasteiger partial charge in [0.15, 0.2) is 0 Å². The van der Waals surface area contributed by atoms with E-state index < -0.39 is 19.1 Å². The summed E-state index contributed by atoms with van der Waals surface area (Å²) < 4.78 is 46.1. The molecule has 0 aliphatic rings. The zero-order valence-corrected chi connectivity index (χ0v) is 15.2.